The van der Waals surface area contributed by atoms with Crippen LogP contribution in [0.15, 0.2) is 48.5 Å². The van der Waals surface area contributed by atoms with Gasteiger partial charge in [-0.25, -0.2) is 0 Å². The molecule has 0 N–H and O–H groups in total. The van der Waals surface area contributed by atoms with Crippen LogP contribution < -0.4 is 0 Å². The molecule has 0 nitrogen and oxygen atoms in total. The van der Waals surface area contributed by atoms with Gasteiger partial charge < -0.3 is 0 Å². The number of hydrogen-bond acceptors (Lipinski definition) is 0. The summed E-state index contributed by atoms with van der Waals surface area (Å²) in [5.41, 5.74) is 6.34. The highest BCUT2D eigenvalue weighted by Crippen LogP contribution is 2.36. The predicted octanol–water partition coefficient (Wildman–Crippen LogP) is 12.2. The van der Waals surface area contributed by atoms with Crippen LogP contribution >= 0.6 is 0 Å². The maximum absolute atomic E-state index is 2.44. The Bertz CT molecular complexity index is 800. The molecule has 0 atom stereocenters. The van der Waals surface area contributed by atoms with Crippen LogP contribution in [-0.2, 0) is 18.3 Å². The van der Waals surface area contributed by atoms with E-state index in [1.54, 1.807) is 16.7 Å². The smallest absolute Gasteiger partial charge is 0.0149 e. The second-order valence-corrected chi connectivity index (χ2v) is 12.1. The lowest BCUT2D eigenvalue weighted by Gasteiger charge is -2.30. The second-order valence-electron chi connectivity index (χ2n) is 12.1. The normalized spacial score (nSPS) is 11.8. The lowest BCUT2D eigenvalue weighted by Crippen LogP contribution is -2.22. The Kier molecular flexibility index (Phi) is 16.7. The first-order chi connectivity index (χ1) is 18.1. The predicted molar refractivity (Wildman–Crippen MR) is 167 cm³/mol. The average Bonchev–Trinajstić information content (AvgIpc) is 2.92. The van der Waals surface area contributed by atoms with Crippen molar-refractivity contribution in [1.82, 2.24) is 0 Å². The summed E-state index contributed by atoms with van der Waals surface area (Å²) in [7, 11) is 0. The van der Waals surface area contributed by atoms with Gasteiger partial charge in [0.1, 0.15) is 0 Å². The first-order valence-corrected chi connectivity index (χ1v) is 16.3. The zero-order chi connectivity index (χ0) is 26.6. The monoisotopic (exact) mass is 504 g/mol. The second kappa shape index (κ2) is 19.5. The molecule has 0 aliphatic carbocycles. The molecule has 37 heavy (non-hydrogen) atoms. The van der Waals surface area contributed by atoms with Gasteiger partial charge in [0.2, 0.25) is 0 Å². The largest absolute Gasteiger partial charge is 0.0654 e. The van der Waals surface area contributed by atoms with Crippen LogP contribution in [0.5, 0.6) is 0 Å². The molecule has 2 aromatic carbocycles. The molecule has 0 spiro atoms. The molecule has 208 valence electrons. The molecule has 0 heteroatoms. The Morgan fingerprint density at radius 2 is 0.919 bits per heavy atom. The van der Waals surface area contributed by atoms with Gasteiger partial charge in [0.15, 0.2) is 0 Å². The molecule has 0 fully saturated rings. The number of benzene rings is 2. The molecule has 0 aliphatic rings. The Morgan fingerprint density at radius 1 is 0.459 bits per heavy atom. The summed E-state index contributed by atoms with van der Waals surface area (Å²) in [6.07, 6.45) is 27.7. The van der Waals surface area contributed by atoms with Crippen LogP contribution in [0.3, 0.4) is 0 Å². The zero-order valence-electron chi connectivity index (χ0n) is 25.3. The van der Waals surface area contributed by atoms with Crippen LogP contribution in [0.25, 0.3) is 0 Å². The standard InChI is InChI=1S/C37H60/c1-5-7-9-11-13-15-16-18-20-25-31-35-33(27-22-19-17-14-12-10-8-6-2)28-26-32-36(35)37(3,4)34-29-23-21-24-30-34/h21,23-24,26,28-30,32H,5-20,22,25,27,31H2,1-4H3. The Morgan fingerprint density at radius 3 is 1.43 bits per heavy atom. The van der Waals surface area contributed by atoms with Gasteiger partial charge in [-0.2, -0.15) is 0 Å². The van der Waals surface area contributed by atoms with Gasteiger partial charge in [-0.05, 0) is 47.9 Å². The van der Waals surface area contributed by atoms with E-state index in [1.165, 1.54) is 134 Å². The van der Waals surface area contributed by atoms with E-state index in [0.29, 0.717) is 0 Å². The summed E-state index contributed by atoms with van der Waals surface area (Å²) < 4.78 is 0. The molecule has 0 saturated heterocycles. The summed E-state index contributed by atoms with van der Waals surface area (Å²) >= 11 is 0. The fraction of sp³-hybridized carbons (Fsp3) is 0.676. The van der Waals surface area contributed by atoms with Crippen molar-refractivity contribution in [3.63, 3.8) is 0 Å². The Labute approximate surface area is 232 Å². The van der Waals surface area contributed by atoms with Gasteiger partial charge in [0, 0.05) is 5.41 Å². The summed E-state index contributed by atoms with van der Waals surface area (Å²) in [6, 6.07) is 18.4. The fourth-order valence-corrected chi connectivity index (χ4v) is 6.00. The van der Waals surface area contributed by atoms with E-state index in [-0.39, 0.29) is 5.41 Å². The minimum atomic E-state index is 0.0460. The van der Waals surface area contributed by atoms with E-state index in [1.807, 2.05) is 0 Å². The third-order valence-corrected chi connectivity index (χ3v) is 8.52. The van der Waals surface area contributed by atoms with Crippen LogP contribution in [0.4, 0.5) is 0 Å². The minimum absolute atomic E-state index is 0.0460. The molecule has 0 saturated carbocycles. The minimum Gasteiger partial charge on any atom is -0.0654 e. The third kappa shape index (κ3) is 12.2. The zero-order valence-corrected chi connectivity index (χ0v) is 25.3. The van der Waals surface area contributed by atoms with Gasteiger partial charge in [0.25, 0.3) is 0 Å². The number of unbranched alkanes of at least 4 members (excludes halogenated alkanes) is 16. The molecule has 0 amide bonds. The van der Waals surface area contributed by atoms with E-state index in [2.05, 4.69) is 76.2 Å². The molecule has 0 bridgehead atoms. The van der Waals surface area contributed by atoms with Crippen LogP contribution in [-0.4, -0.2) is 0 Å². The Balaban J connectivity index is 1.95. The van der Waals surface area contributed by atoms with Crippen molar-refractivity contribution in [2.45, 2.75) is 162 Å². The maximum Gasteiger partial charge on any atom is 0.0149 e. The van der Waals surface area contributed by atoms with E-state index in [4.69, 9.17) is 0 Å². The third-order valence-electron chi connectivity index (χ3n) is 8.52. The lowest BCUT2D eigenvalue weighted by atomic mass is 9.74. The number of aryl methyl sites for hydroxylation is 1. The highest BCUT2D eigenvalue weighted by Gasteiger charge is 2.26. The van der Waals surface area contributed by atoms with Crippen molar-refractivity contribution in [2.75, 3.05) is 0 Å². The van der Waals surface area contributed by atoms with Crippen molar-refractivity contribution in [2.24, 2.45) is 0 Å². The lowest BCUT2D eigenvalue weighted by molar-refractivity contribution is 0.552. The first kappa shape index (κ1) is 31.7. The average molecular weight is 505 g/mol. The van der Waals surface area contributed by atoms with Crippen molar-refractivity contribution in [1.29, 1.82) is 0 Å². The van der Waals surface area contributed by atoms with E-state index in [0.717, 1.165) is 0 Å². The summed E-state index contributed by atoms with van der Waals surface area (Å²) in [5, 5.41) is 0. The highest BCUT2D eigenvalue weighted by molar-refractivity contribution is 5.46. The molecule has 2 rings (SSSR count). The summed E-state index contributed by atoms with van der Waals surface area (Å²) in [5.74, 6) is 0. The molecule has 0 aromatic heterocycles. The van der Waals surface area contributed by atoms with Gasteiger partial charge in [-0.15, -0.1) is 0 Å². The first-order valence-electron chi connectivity index (χ1n) is 16.3. The highest BCUT2D eigenvalue weighted by atomic mass is 14.3. The van der Waals surface area contributed by atoms with Crippen molar-refractivity contribution < 1.29 is 0 Å². The molecular formula is C37H60. The molecule has 0 unspecified atom stereocenters. The summed E-state index contributed by atoms with van der Waals surface area (Å²) in [4.78, 5) is 0. The summed E-state index contributed by atoms with van der Waals surface area (Å²) in [6.45, 7) is 9.47. The van der Waals surface area contributed by atoms with Crippen LogP contribution in [0.1, 0.15) is 166 Å². The van der Waals surface area contributed by atoms with Gasteiger partial charge >= 0.3 is 0 Å². The van der Waals surface area contributed by atoms with Gasteiger partial charge in [-0.3, -0.25) is 0 Å². The van der Waals surface area contributed by atoms with Crippen LogP contribution in [0.2, 0.25) is 0 Å². The number of hydrogen-bond donors (Lipinski definition) is 0. The maximum atomic E-state index is 2.44. The topological polar surface area (TPSA) is 0 Å². The van der Waals surface area contributed by atoms with Gasteiger partial charge in [-0.1, -0.05) is 179 Å². The van der Waals surface area contributed by atoms with Crippen molar-refractivity contribution >= 4 is 0 Å². The molecule has 2 aromatic rings. The fourth-order valence-electron chi connectivity index (χ4n) is 6.00. The molecule has 0 aliphatic heterocycles. The van der Waals surface area contributed by atoms with E-state index in [9.17, 15) is 0 Å². The van der Waals surface area contributed by atoms with Crippen molar-refractivity contribution in [3.8, 4) is 0 Å². The van der Waals surface area contributed by atoms with Gasteiger partial charge in [0.05, 0.1) is 0 Å². The Hall–Kier alpha value is -1.56. The van der Waals surface area contributed by atoms with Crippen LogP contribution in [0, 0.1) is 0 Å². The molecule has 0 heterocycles. The van der Waals surface area contributed by atoms with E-state index < -0.39 is 0 Å². The quantitative estimate of drug-likeness (QED) is 0.140. The number of rotatable bonds is 22. The van der Waals surface area contributed by atoms with Crippen molar-refractivity contribution in [3.05, 3.63) is 70.8 Å². The SMILES string of the molecule is CCCCCCCCCCCCc1c(CCCCCCCCCC)cccc1C(C)(C)c1ccccc1. The molecular weight excluding hydrogens is 444 g/mol. The molecule has 0 radical (unpaired) electrons. The van der Waals surface area contributed by atoms with E-state index >= 15 is 0 Å².